The van der Waals surface area contributed by atoms with Gasteiger partial charge in [0.2, 0.25) is 0 Å². The molecule has 2 aromatic rings. The van der Waals surface area contributed by atoms with Gasteiger partial charge in [-0.3, -0.25) is 9.48 Å². The Balaban J connectivity index is 1.93. The summed E-state index contributed by atoms with van der Waals surface area (Å²) in [6.07, 6.45) is 2.26. The fourth-order valence-electron chi connectivity index (χ4n) is 3.38. The Morgan fingerprint density at radius 2 is 2.12 bits per heavy atom. The van der Waals surface area contributed by atoms with Crippen LogP contribution in [0.4, 0.5) is 0 Å². The van der Waals surface area contributed by atoms with E-state index >= 15 is 0 Å². The minimum Gasteiger partial charge on any atom is -0.496 e. The van der Waals surface area contributed by atoms with E-state index in [1.165, 1.54) is 6.42 Å². The van der Waals surface area contributed by atoms with E-state index in [1.807, 2.05) is 37.1 Å². The van der Waals surface area contributed by atoms with Gasteiger partial charge in [-0.25, -0.2) is 0 Å². The van der Waals surface area contributed by atoms with Crippen LogP contribution in [0.1, 0.15) is 35.8 Å². The molecule has 1 amide bonds. The summed E-state index contributed by atoms with van der Waals surface area (Å²) in [5.74, 6) is 1.37. The maximum Gasteiger partial charge on any atom is 0.274 e. The number of rotatable bonds is 3. The largest absolute Gasteiger partial charge is 0.496 e. The summed E-state index contributed by atoms with van der Waals surface area (Å²) in [4.78, 5) is 14.7. The maximum absolute atomic E-state index is 12.8. The molecular weight excluding hydrogens is 302 g/mol. The normalized spacial score (nSPS) is 17.8. The molecule has 0 N–H and O–H groups in total. The first-order chi connectivity index (χ1) is 11.5. The zero-order valence-electron chi connectivity index (χ0n) is 14.9. The van der Waals surface area contributed by atoms with E-state index in [2.05, 4.69) is 18.1 Å². The molecule has 1 saturated heterocycles. The number of hydrogen-bond acceptors (Lipinski definition) is 3. The standard InChI is InChI=1S/C19H25N3O2/c1-13-7-8-18(24-4)15(10-13)17-11-16(20-21(17)3)19(23)22-9-5-6-14(2)12-22/h7-8,10-11,14H,5-6,9,12H2,1-4H3. The van der Waals surface area contributed by atoms with Gasteiger partial charge in [0, 0.05) is 25.7 Å². The molecule has 0 spiro atoms. The number of carbonyl (C=O) groups excluding carboxylic acids is 1. The number of nitrogens with zero attached hydrogens (tertiary/aromatic N) is 3. The van der Waals surface area contributed by atoms with Crippen molar-refractivity contribution in [2.45, 2.75) is 26.7 Å². The molecule has 128 valence electrons. The van der Waals surface area contributed by atoms with E-state index in [0.717, 1.165) is 42.1 Å². The van der Waals surface area contributed by atoms with Gasteiger partial charge in [0.1, 0.15) is 5.75 Å². The minimum atomic E-state index is 0.0232. The zero-order valence-corrected chi connectivity index (χ0v) is 14.9. The fraction of sp³-hybridized carbons (Fsp3) is 0.474. The van der Waals surface area contributed by atoms with Gasteiger partial charge >= 0.3 is 0 Å². The number of carbonyl (C=O) groups is 1. The van der Waals surface area contributed by atoms with Crippen molar-refractivity contribution in [2.75, 3.05) is 20.2 Å². The summed E-state index contributed by atoms with van der Waals surface area (Å²) < 4.78 is 7.24. The van der Waals surface area contributed by atoms with Crippen LogP contribution in [0.3, 0.4) is 0 Å². The van der Waals surface area contributed by atoms with Gasteiger partial charge in [0.15, 0.2) is 5.69 Å². The van der Waals surface area contributed by atoms with Crippen molar-refractivity contribution in [3.8, 4) is 17.0 Å². The second kappa shape index (κ2) is 6.67. The van der Waals surface area contributed by atoms with E-state index < -0.39 is 0 Å². The van der Waals surface area contributed by atoms with Crippen molar-refractivity contribution < 1.29 is 9.53 Å². The van der Waals surface area contributed by atoms with Crippen molar-refractivity contribution >= 4 is 5.91 Å². The van der Waals surface area contributed by atoms with Crippen molar-refractivity contribution in [2.24, 2.45) is 13.0 Å². The molecule has 1 atom stereocenters. The number of aryl methyl sites for hydroxylation is 2. The minimum absolute atomic E-state index is 0.0232. The molecule has 0 radical (unpaired) electrons. The summed E-state index contributed by atoms with van der Waals surface area (Å²) in [5, 5.41) is 4.46. The number of amides is 1. The Kier molecular flexibility index (Phi) is 4.60. The van der Waals surface area contributed by atoms with Crippen LogP contribution in [0, 0.1) is 12.8 Å². The van der Waals surface area contributed by atoms with Gasteiger partial charge in [-0.15, -0.1) is 0 Å². The highest BCUT2D eigenvalue weighted by Crippen LogP contribution is 2.31. The van der Waals surface area contributed by atoms with E-state index in [-0.39, 0.29) is 5.91 Å². The maximum atomic E-state index is 12.8. The first kappa shape index (κ1) is 16.6. The molecule has 0 aliphatic carbocycles. The third-order valence-corrected chi connectivity index (χ3v) is 4.67. The van der Waals surface area contributed by atoms with Crippen molar-refractivity contribution in [1.29, 1.82) is 0 Å². The van der Waals surface area contributed by atoms with Crippen LogP contribution in [0.2, 0.25) is 0 Å². The number of piperidine rings is 1. The van der Waals surface area contributed by atoms with Crippen LogP contribution in [-0.4, -0.2) is 40.8 Å². The predicted molar refractivity (Wildman–Crippen MR) is 94.2 cm³/mol. The van der Waals surface area contributed by atoms with E-state index in [4.69, 9.17) is 4.74 Å². The monoisotopic (exact) mass is 327 g/mol. The molecule has 1 aliphatic heterocycles. The molecule has 3 rings (SSSR count). The fourth-order valence-corrected chi connectivity index (χ4v) is 3.38. The van der Waals surface area contributed by atoms with E-state index in [1.54, 1.807) is 11.8 Å². The smallest absolute Gasteiger partial charge is 0.274 e. The highest BCUT2D eigenvalue weighted by Gasteiger charge is 2.25. The Bertz CT molecular complexity index is 751. The molecule has 1 aromatic carbocycles. The lowest BCUT2D eigenvalue weighted by molar-refractivity contribution is 0.0676. The average molecular weight is 327 g/mol. The molecule has 2 heterocycles. The molecule has 1 unspecified atom stereocenters. The Morgan fingerprint density at radius 3 is 2.83 bits per heavy atom. The van der Waals surface area contributed by atoms with Gasteiger partial charge in [0.05, 0.1) is 12.8 Å². The molecular formula is C19H25N3O2. The summed E-state index contributed by atoms with van der Waals surface area (Å²) >= 11 is 0. The number of methoxy groups -OCH3 is 1. The Labute approximate surface area is 143 Å². The average Bonchev–Trinajstić information content (AvgIpc) is 2.95. The number of ether oxygens (including phenoxy) is 1. The van der Waals surface area contributed by atoms with Crippen molar-refractivity contribution in [3.05, 3.63) is 35.5 Å². The molecule has 1 aromatic heterocycles. The lowest BCUT2D eigenvalue weighted by Crippen LogP contribution is -2.39. The first-order valence-corrected chi connectivity index (χ1v) is 8.48. The lowest BCUT2D eigenvalue weighted by atomic mass is 10.00. The van der Waals surface area contributed by atoms with Crippen LogP contribution in [0.15, 0.2) is 24.3 Å². The SMILES string of the molecule is COc1ccc(C)cc1-c1cc(C(=O)N2CCCC(C)C2)nn1C. The third-order valence-electron chi connectivity index (χ3n) is 4.67. The second-order valence-electron chi connectivity index (χ2n) is 6.74. The van der Waals surface area contributed by atoms with Crippen LogP contribution in [0.25, 0.3) is 11.3 Å². The molecule has 0 saturated carbocycles. The Morgan fingerprint density at radius 1 is 1.33 bits per heavy atom. The summed E-state index contributed by atoms with van der Waals surface area (Å²) in [6.45, 7) is 5.88. The first-order valence-electron chi connectivity index (χ1n) is 8.48. The van der Waals surface area contributed by atoms with Crippen LogP contribution < -0.4 is 4.74 Å². The van der Waals surface area contributed by atoms with E-state index in [9.17, 15) is 4.79 Å². The summed E-state index contributed by atoms with van der Waals surface area (Å²) in [7, 11) is 3.53. The molecule has 24 heavy (non-hydrogen) atoms. The van der Waals surface area contributed by atoms with Gasteiger partial charge in [0.25, 0.3) is 5.91 Å². The quantitative estimate of drug-likeness (QED) is 0.869. The molecule has 1 fully saturated rings. The second-order valence-corrected chi connectivity index (χ2v) is 6.74. The Hall–Kier alpha value is -2.30. The highest BCUT2D eigenvalue weighted by molar-refractivity contribution is 5.93. The molecule has 5 heteroatoms. The van der Waals surface area contributed by atoms with Gasteiger partial charge < -0.3 is 9.64 Å². The highest BCUT2D eigenvalue weighted by atomic mass is 16.5. The molecule has 0 bridgehead atoms. The lowest BCUT2D eigenvalue weighted by Gasteiger charge is -2.30. The predicted octanol–water partition coefficient (Wildman–Crippen LogP) is 3.28. The van der Waals surface area contributed by atoms with Crippen LogP contribution in [0.5, 0.6) is 5.75 Å². The topological polar surface area (TPSA) is 47.4 Å². The van der Waals surface area contributed by atoms with Crippen molar-refractivity contribution in [3.63, 3.8) is 0 Å². The summed E-state index contributed by atoms with van der Waals surface area (Å²) in [5.41, 5.74) is 3.50. The number of benzene rings is 1. The van der Waals surface area contributed by atoms with E-state index in [0.29, 0.717) is 11.6 Å². The summed E-state index contributed by atoms with van der Waals surface area (Å²) in [6, 6.07) is 7.90. The van der Waals surface area contributed by atoms with Crippen LogP contribution in [-0.2, 0) is 7.05 Å². The zero-order chi connectivity index (χ0) is 17.3. The van der Waals surface area contributed by atoms with Gasteiger partial charge in [-0.1, -0.05) is 18.6 Å². The van der Waals surface area contributed by atoms with Crippen molar-refractivity contribution in [1.82, 2.24) is 14.7 Å². The number of likely N-dealkylation sites (tertiary alicyclic amines) is 1. The van der Waals surface area contributed by atoms with Gasteiger partial charge in [-0.2, -0.15) is 5.10 Å². The third kappa shape index (κ3) is 3.16. The van der Waals surface area contributed by atoms with Crippen LogP contribution >= 0.6 is 0 Å². The molecule has 5 nitrogen and oxygen atoms in total. The number of aromatic nitrogens is 2. The number of hydrogen-bond donors (Lipinski definition) is 0. The van der Waals surface area contributed by atoms with Gasteiger partial charge in [-0.05, 0) is 43.9 Å². The molecule has 1 aliphatic rings.